The lowest BCUT2D eigenvalue weighted by atomic mass is 9.94. The summed E-state index contributed by atoms with van der Waals surface area (Å²) in [5, 5.41) is 15.6. The van der Waals surface area contributed by atoms with Gasteiger partial charge < -0.3 is 0 Å². The van der Waals surface area contributed by atoms with E-state index in [9.17, 15) is 0 Å². The molecule has 0 unspecified atom stereocenters. The summed E-state index contributed by atoms with van der Waals surface area (Å²) < 4.78 is 7.72. The van der Waals surface area contributed by atoms with Crippen molar-refractivity contribution in [3.05, 3.63) is 271 Å². The van der Waals surface area contributed by atoms with Gasteiger partial charge >= 0.3 is 0 Å². The lowest BCUT2D eigenvalue weighted by Gasteiger charge is -2.12. The highest BCUT2D eigenvalue weighted by molar-refractivity contribution is 7.27. The lowest BCUT2D eigenvalue weighted by molar-refractivity contribution is 1.02. The summed E-state index contributed by atoms with van der Waals surface area (Å²) in [7, 11) is 0. The van der Waals surface area contributed by atoms with E-state index in [4.69, 9.17) is 21.6 Å². The third kappa shape index (κ3) is 7.72. The molecule has 81 heavy (non-hydrogen) atoms. The van der Waals surface area contributed by atoms with E-state index in [1.807, 2.05) is 83.3 Å². The van der Waals surface area contributed by atoms with Crippen LogP contribution in [0, 0.1) is 0 Å². The van der Waals surface area contributed by atoms with Gasteiger partial charge in [-0.1, -0.05) is 224 Å². The van der Waals surface area contributed by atoms with Gasteiger partial charge in [-0.15, -0.1) is 22.7 Å². The van der Waals surface area contributed by atoms with E-state index in [-0.39, 0.29) is 5.28 Å². The van der Waals surface area contributed by atoms with Crippen molar-refractivity contribution in [3.63, 3.8) is 0 Å². The Morgan fingerprint density at radius 1 is 0.358 bits per heavy atom. The van der Waals surface area contributed by atoms with Crippen molar-refractivity contribution in [1.29, 1.82) is 0 Å². The first-order chi connectivity index (χ1) is 40.1. The van der Waals surface area contributed by atoms with Crippen LogP contribution in [0.15, 0.2) is 255 Å². The van der Waals surface area contributed by atoms with Crippen LogP contribution < -0.4 is 0 Å². The Bertz CT molecular complexity index is 5360. The average Bonchev–Trinajstić information content (AvgIpc) is 4.50. The number of halogens is 1. The third-order valence-corrected chi connectivity index (χ3v) is 18.5. The number of para-hydroxylation sites is 3. The van der Waals surface area contributed by atoms with Crippen LogP contribution in [0.2, 0.25) is 5.28 Å². The van der Waals surface area contributed by atoms with E-state index in [1.165, 1.54) is 100 Å². The summed E-state index contributed by atoms with van der Waals surface area (Å²) in [6, 6.07) is 89.5. The lowest BCUT2D eigenvalue weighted by Crippen LogP contribution is -2.03. The van der Waals surface area contributed by atoms with Gasteiger partial charge in [0.1, 0.15) is 0 Å². The van der Waals surface area contributed by atoms with Gasteiger partial charge in [-0.2, -0.15) is 0 Å². The van der Waals surface area contributed by atoms with Crippen molar-refractivity contribution in [2.24, 2.45) is 0 Å². The quantitative estimate of drug-likeness (QED) is 0.165. The molecule has 0 atom stereocenters. The second kappa shape index (κ2) is 19.3. The first kappa shape index (κ1) is 47.4. The number of hydrogen-bond donors (Lipinski definition) is 0. The molecule has 0 aliphatic heterocycles. The minimum Gasteiger partial charge on any atom is -0.276 e. The molecule has 0 saturated heterocycles. The Morgan fingerprint density at radius 2 is 0.815 bits per heavy atom. The van der Waals surface area contributed by atoms with Crippen molar-refractivity contribution >= 4 is 140 Å². The smallest absolute Gasteiger partial charge is 0.235 e. The molecule has 0 fully saturated rings. The van der Waals surface area contributed by atoms with Gasteiger partial charge in [-0.3, -0.25) is 4.57 Å². The van der Waals surface area contributed by atoms with Gasteiger partial charge in [0.05, 0.1) is 38.2 Å². The average molecular weight is 1090 g/mol. The standard InChI is InChI=1S/C36H21N3S.C23H14S.C14H9ClN2/c1-2-12-22(13-3-1)33-25-16-6-9-19-28(25)37-36(38-33)39-29-20-10-7-17-26(29)31-23-14-4-5-15-24(23)32-27-18-8-11-21-30(27)40-35(32)34(31)39;1-2-8-15-14(7-1)13-19-21(15)16-9-3-4-10-17(16)22-18-11-5-6-12-20(18)24-23(19)22;15-14-16-12-9-5-4-8-11(12)13(17-14)10-6-2-1-3-7-10/h1-21H;1-12H,13H2;1-9H. The van der Waals surface area contributed by atoms with E-state index in [0.29, 0.717) is 5.95 Å². The second-order valence-corrected chi connectivity index (χ2v) is 22.9. The molecule has 380 valence electrons. The van der Waals surface area contributed by atoms with Crippen LogP contribution in [0.5, 0.6) is 0 Å². The number of fused-ring (bicyclic) bond motifs is 22. The predicted octanol–water partition coefficient (Wildman–Crippen LogP) is 20.6. The number of rotatable bonds is 3. The van der Waals surface area contributed by atoms with Crippen molar-refractivity contribution in [2.75, 3.05) is 0 Å². The molecule has 17 aromatic rings. The summed E-state index contributed by atoms with van der Waals surface area (Å²) in [5.41, 5.74) is 13.9. The molecule has 0 spiro atoms. The number of hydrogen-bond acceptors (Lipinski definition) is 6. The van der Waals surface area contributed by atoms with Crippen LogP contribution in [-0.4, -0.2) is 24.5 Å². The maximum Gasteiger partial charge on any atom is 0.235 e. The first-order valence-electron chi connectivity index (χ1n) is 27.1. The van der Waals surface area contributed by atoms with E-state index in [1.54, 1.807) is 0 Å². The fraction of sp³-hybridized carbons (Fsp3) is 0.0137. The summed E-state index contributed by atoms with van der Waals surface area (Å²) in [6.07, 6.45) is 1.06. The topological polar surface area (TPSA) is 56.5 Å². The maximum absolute atomic E-state index is 5.95. The molecule has 0 amide bonds. The zero-order valence-electron chi connectivity index (χ0n) is 43.4. The fourth-order valence-corrected chi connectivity index (χ4v) is 15.2. The maximum atomic E-state index is 5.95. The number of aromatic nitrogens is 5. The van der Waals surface area contributed by atoms with E-state index < -0.39 is 0 Å². The summed E-state index contributed by atoms with van der Waals surface area (Å²) in [5.74, 6) is 0.692. The monoisotopic (exact) mass is 1090 g/mol. The van der Waals surface area contributed by atoms with Gasteiger partial charge in [0.25, 0.3) is 0 Å². The number of thiophene rings is 2. The molecule has 0 saturated carbocycles. The second-order valence-electron chi connectivity index (χ2n) is 20.4. The minimum absolute atomic E-state index is 0.280. The van der Waals surface area contributed by atoms with Gasteiger partial charge in [-0.25, -0.2) is 19.9 Å². The van der Waals surface area contributed by atoms with Gasteiger partial charge in [-0.05, 0) is 85.7 Å². The van der Waals surface area contributed by atoms with Crippen molar-refractivity contribution in [1.82, 2.24) is 24.5 Å². The molecule has 5 nitrogen and oxygen atoms in total. The van der Waals surface area contributed by atoms with Gasteiger partial charge in [0.2, 0.25) is 11.2 Å². The molecular formula is C73H44ClN5S2. The van der Waals surface area contributed by atoms with Crippen LogP contribution in [0.3, 0.4) is 0 Å². The number of benzene rings is 12. The fourth-order valence-electron chi connectivity index (χ4n) is 12.5. The van der Waals surface area contributed by atoms with Crippen LogP contribution in [-0.2, 0) is 6.42 Å². The Kier molecular flexibility index (Phi) is 11.3. The molecule has 0 N–H and O–H groups in total. The van der Waals surface area contributed by atoms with E-state index in [2.05, 4.69) is 209 Å². The normalized spacial score (nSPS) is 12.0. The first-order valence-corrected chi connectivity index (χ1v) is 29.1. The van der Waals surface area contributed by atoms with Gasteiger partial charge in [0, 0.05) is 74.7 Å². The largest absolute Gasteiger partial charge is 0.276 e. The molecule has 0 bridgehead atoms. The molecule has 5 aromatic heterocycles. The predicted molar refractivity (Wildman–Crippen MR) is 345 cm³/mol. The van der Waals surface area contributed by atoms with E-state index in [0.717, 1.165) is 56.3 Å². The van der Waals surface area contributed by atoms with Crippen LogP contribution in [0.25, 0.3) is 145 Å². The van der Waals surface area contributed by atoms with Gasteiger partial charge in [0.15, 0.2) is 0 Å². The number of nitrogens with zero attached hydrogens (tertiary/aromatic N) is 5. The van der Waals surface area contributed by atoms with Crippen molar-refractivity contribution in [3.8, 4) is 39.6 Å². The highest BCUT2D eigenvalue weighted by Gasteiger charge is 2.27. The van der Waals surface area contributed by atoms with Crippen molar-refractivity contribution < 1.29 is 0 Å². The third-order valence-electron chi connectivity index (χ3n) is 15.9. The van der Waals surface area contributed by atoms with Crippen LogP contribution >= 0.6 is 34.3 Å². The van der Waals surface area contributed by atoms with Crippen LogP contribution in [0.4, 0.5) is 0 Å². The van der Waals surface area contributed by atoms with Crippen molar-refractivity contribution in [2.45, 2.75) is 6.42 Å². The SMILES string of the molecule is Clc1nc(-c2ccccc2)c2ccccc2n1.c1ccc(-c2nc(-n3c4ccccc4c4c5ccccc5c5c6ccccc6sc5c43)nc3ccccc23)cc1.c1ccc2c(c1)Cc1c-2c2ccccc2c2c1sc1ccccc12. The molecular weight excluding hydrogens is 1050 g/mol. The molecule has 5 heterocycles. The van der Waals surface area contributed by atoms with E-state index >= 15 is 0 Å². The zero-order valence-corrected chi connectivity index (χ0v) is 45.8. The Balaban J connectivity index is 0.000000112. The summed E-state index contributed by atoms with van der Waals surface area (Å²) in [4.78, 5) is 19.1. The Morgan fingerprint density at radius 3 is 1.47 bits per heavy atom. The zero-order chi connectivity index (χ0) is 53.5. The summed E-state index contributed by atoms with van der Waals surface area (Å²) >= 11 is 9.76. The highest BCUT2D eigenvalue weighted by Crippen LogP contribution is 2.51. The Hall–Kier alpha value is -9.63. The molecule has 1 aliphatic rings. The van der Waals surface area contributed by atoms with Crippen LogP contribution in [0.1, 0.15) is 11.1 Å². The highest BCUT2D eigenvalue weighted by atomic mass is 35.5. The minimum atomic E-state index is 0.280. The molecule has 18 rings (SSSR count). The molecule has 12 aromatic carbocycles. The molecule has 8 heteroatoms. The molecule has 0 radical (unpaired) electrons. The summed E-state index contributed by atoms with van der Waals surface area (Å²) in [6.45, 7) is 0. The Labute approximate surface area is 478 Å². The molecule has 1 aliphatic carbocycles.